The van der Waals surface area contributed by atoms with E-state index in [1.807, 2.05) is 6.92 Å². The summed E-state index contributed by atoms with van der Waals surface area (Å²) in [7, 11) is 0. The van der Waals surface area contributed by atoms with Crippen molar-refractivity contribution in [1.29, 1.82) is 0 Å². The van der Waals surface area contributed by atoms with E-state index in [4.69, 9.17) is 5.73 Å². The summed E-state index contributed by atoms with van der Waals surface area (Å²) in [5, 5.41) is 2.93. The van der Waals surface area contributed by atoms with Crippen LogP contribution >= 0.6 is 0 Å². The summed E-state index contributed by atoms with van der Waals surface area (Å²) < 4.78 is 0. The van der Waals surface area contributed by atoms with Crippen molar-refractivity contribution in [2.75, 3.05) is 19.6 Å². The van der Waals surface area contributed by atoms with Crippen molar-refractivity contribution in [3.8, 4) is 0 Å². The van der Waals surface area contributed by atoms with Crippen molar-refractivity contribution in [3.05, 3.63) is 0 Å². The second-order valence-electron chi connectivity index (χ2n) is 5.13. The van der Waals surface area contributed by atoms with Gasteiger partial charge in [-0.05, 0) is 25.8 Å². The number of carbonyl (C=O) groups is 2. The molecule has 1 unspecified atom stereocenters. The van der Waals surface area contributed by atoms with E-state index in [0.717, 1.165) is 19.4 Å². The lowest BCUT2D eigenvalue weighted by Crippen LogP contribution is -2.45. The average molecular weight is 257 g/mol. The molecule has 0 aliphatic rings. The number of hydrogen-bond acceptors (Lipinski definition) is 3. The standard InChI is InChI=1S/C13H27N3O2/c1-5-6-7-16(8-12(14)17)9-13(18)15-11(4)10(2)3/h10-11H,5-9H2,1-4H3,(H2,14,17)(H,15,18). The normalized spacial score (nSPS) is 12.8. The lowest BCUT2D eigenvalue weighted by atomic mass is 10.1. The van der Waals surface area contributed by atoms with Crippen LogP contribution in [-0.4, -0.2) is 42.4 Å². The molecule has 0 saturated carbocycles. The minimum atomic E-state index is -0.393. The van der Waals surface area contributed by atoms with Gasteiger partial charge in [-0.2, -0.15) is 0 Å². The van der Waals surface area contributed by atoms with E-state index < -0.39 is 5.91 Å². The monoisotopic (exact) mass is 257 g/mol. The third-order valence-electron chi connectivity index (χ3n) is 2.96. The molecule has 1 atom stereocenters. The fraction of sp³-hybridized carbons (Fsp3) is 0.846. The van der Waals surface area contributed by atoms with Crippen LogP contribution in [-0.2, 0) is 9.59 Å². The minimum absolute atomic E-state index is 0.0476. The van der Waals surface area contributed by atoms with Crippen LogP contribution in [0.2, 0.25) is 0 Å². The Bertz CT molecular complexity index is 267. The number of carbonyl (C=O) groups excluding carboxylic acids is 2. The Morgan fingerprint density at radius 2 is 1.83 bits per heavy atom. The summed E-state index contributed by atoms with van der Waals surface area (Å²) in [6.07, 6.45) is 1.99. The first-order valence-electron chi connectivity index (χ1n) is 6.66. The SMILES string of the molecule is CCCCN(CC(N)=O)CC(=O)NC(C)C(C)C. The molecule has 5 heteroatoms. The fourth-order valence-electron chi connectivity index (χ4n) is 1.49. The zero-order chi connectivity index (χ0) is 14.1. The lowest BCUT2D eigenvalue weighted by molar-refractivity contribution is -0.124. The maximum Gasteiger partial charge on any atom is 0.234 e. The van der Waals surface area contributed by atoms with Gasteiger partial charge in [0.1, 0.15) is 0 Å². The van der Waals surface area contributed by atoms with Crippen molar-refractivity contribution >= 4 is 11.8 Å². The topological polar surface area (TPSA) is 75.4 Å². The van der Waals surface area contributed by atoms with Crippen molar-refractivity contribution < 1.29 is 9.59 Å². The van der Waals surface area contributed by atoms with Gasteiger partial charge >= 0.3 is 0 Å². The maximum absolute atomic E-state index is 11.8. The van der Waals surface area contributed by atoms with Gasteiger partial charge in [-0.1, -0.05) is 27.2 Å². The summed E-state index contributed by atoms with van der Waals surface area (Å²) in [5.41, 5.74) is 5.18. The highest BCUT2D eigenvalue weighted by atomic mass is 16.2. The van der Waals surface area contributed by atoms with E-state index in [0.29, 0.717) is 5.92 Å². The van der Waals surface area contributed by atoms with Gasteiger partial charge in [0.05, 0.1) is 13.1 Å². The highest BCUT2D eigenvalue weighted by Gasteiger charge is 2.15. The zero-order valence-corrected chi connectivity index (χ0v) is 12.0. The first-order valence-corrected chi connectivity index (χ1v) is 6.66. The molecule has 0 saturated heterocycles. The molecule has 106 valence electrons. The Hall–Kier alpha value is -1.10. The van der Waals surface area contributed by atoms with Crippen molar-refractivity contribution in [1.82, 2.24) is 10.2 Å². The molecular weight excluding hydrogens is 230 g/mol. The lowest BCUT2D eigenvalue weighted by Gasteiger charge is -2.22. The molecule has 0 bridgehead atoms. The van der Waals surface area contributed by atoms with Gasteiger partial charge in [-0.15, -0.1) is 0 Å². The van der Waals surface area contributed by atoms with Gasteiger partial charge in [0.2, 0.25) is 11.8 Å². The molecule has 0 radical (unpaired) electrons. The maximum atomic E-state index is 11.8. The van der Waals surface area contributed by atoms with Crippen LogP contribution in [0.5, 0.6) is 0 Å². The molecule has 0 aromatic rings. The molecule has 0 spiro atoms. The molecule has 0 aliphatic heterocycles. The number of nitrogens with zero attached hydrogens (tertiary/aromatic N) is 1. The van der Waals surface area contributed by atoms with Crippen LogP contribution < -0.4 is 11.1 Å². The summed E-state index contributed by atoms with van der Waals surface area (Å²) in [6, 6.07) is 0.138. The summed E-state index contributed by atoms with van der Waals surface area (Å²) in [5.74, 6) is -0.0430. The first kappa shape index (κ1) is 16.9. The highest BCUT2D eigenvalue weighted by Crippen LogP contribution is 2.00. The molecule has 5 nitrogen and oxygen atoms in total. The number of primary amides is 1. The highest BCUT2D eigenvalue weighted by molar-refractivity contribution is 5.80. The van der Waals surface area contributed by atoms with Crippen LogP contribution in [0.15, 0.2) is 0 Å². The predicted molar refractivity (Wildman–Crippen MR) is 73.0 cm³/mol. The minimum Gasteiger partial charge on any atom is -0.369 e. The van der Waals surface area contributed by atoms with Crippen molar-refractivity contribution in [2.24, 2.45) is 11.7 Å². The van der Waals surface area contributed by atoms with E-state index in [1.165, 1.54) is 0 Å². The second-order valence-corrected chi connectivity index (χ2v) is 5.13. The van der Waals surface area contributed by atoms with E-state index >= 15 is 0 Å². The first-order chi connectivity index (χ1) is 8.36. The van der Waals surface area contributed by atoms with Gasteiger partial charge in [-0.3, -0.25) is 14.5 Å². The molecule has 2 amide bonds. The van der Waals surface area contributed by atoms with Gasteiger partial charge < -0.3 is 11.1 Å². The third kappa shape index (κ3) is 8.06. The van der Waals surface area contributed by atoms with Crippen LogP contribution in [0.4, 0.5) is 0 Å². The largest absolute Gasteiger partial charge is 0.369 e. The van der Waals surface area contributed by atoms with Gasteiger partial charge in [-0.25, -0.2) is 0 Å². The van der Waals surface area contributed by atoms with E-state index in [1.54, 1.807) is 4.90 Å². The number of nitrogens with two attached hydrogens (primary N) is 1. The Morgan fingerprint density at radius 1 is 1.22 bits per heavy atom. The molecule has 0 aliphatic carbocycles. The summed E-state index contributed by atoms with van der Waals surface area (Å²) in [4.78, 5) is 24.5. The van der Waals surface area contributed by atoms with E-state index in [-0.39, 0.29) is 25.0 Å². The Labute approximate surface area is 110 Å². The zero-order valence-electron chi connectivity index (χ0n) is 12.0. The smallest absolute Gasteiger partial charge is 0.234 e. The Kier molecular flexibility index (Phi) is 8.37. The van der Waals surface area contributed by atoms with Crippen LogP contribution in [0.25, 0.3) is 0 Å². The molecule has 3 N–H and O–H groups in total. The molecule has 18 heavy (non-hydrogen) atoms. The van der Waals surface area contributed by atoms with Gasteiger partial charge in [0.15, 0.2) is 0 Å². The van der Waals surface area contributed by atoms with Crippen LogP contribution in [0.1, 0.15) is 40.5 Å². The van der Waals surface area contributed by atoms with E-state index in [2.05, 4.69) is 26.1 Å². The summed E-state index contributed by atoms with van der Waals surface area (Å²) in [6.45, 7) is 9.27. The third-order valence-corrected chi connectivity index (χ3v) is 2.96. The predicted octanol–water partition coefficient (Wildman–Crippen LogP) is 0.735. The van der Waals surface area contributed by atoms with Crippen molar-refractivity contribution in [2.45, 2.75) is 46.6 Å². The molecular formula is C13H27N3O2. The molecule has 0 aromatic carbocycles. The van der Waals surface area contributed by atoms with Gasteiger partial charge in [0.25, 0.3) is 0 Å². The molecule has 0 heterocycles. The fourth-order valence-corrected chi connectivity index (χ4v) is 1.49. The Morgan fingerprint density at radius 3 is 2.28 bits per heavy atom. The summed E-state index contributed by atoms with van der Waals surface area (Å²) >= 11 is 0. The van der Waals surface area contributed by atoms with Crippen molar-refractivity contribution in [3.63, 3.8) is 0 Å². The second kappa shape index (κ2) is 8.91. The molecule has 0 rings (SSSR count). The molecule has 0 aromatic heterocycles. The number of hydrogen-bond donors (Lipinski definition) is 2. The van der Waals surface area contributed by atoms with Crippen LogP contribution in [0, 0.1) is 5.92 Å². The van der Waals surface area contributed by atoms with Crippen LogP contribution in [0.3, 0.4) is 0 Å². The quantitative estimate of drug-likeness (QED) is 0.639. The average Bonchev–Trinajstić information content (AvgIpc) is 2.24. The number of amides is 2. The number of unbranched alkanes of at least 4 members (excludes halogenated alkanes) is 1. The molecule has 0 fully saturated rings. The number of nitrogens with one attached hydrogen (secondary N) is 1. The Balaban J connectivity index is 4.20. The number of rotatable bonds is 9. The van der Waals surface area contributed by atoms with E-state index in [9.17, 15) is 9.59 Å². The van der Waals surface area contributed by atoms with Gasteiger partial charge in [0, 0.05) is 6.04 Å².